The largest absolute Gasteiger partial charge is 0.495 e. The molecule has 1 aromatic carbocycles. The molecule has 33 heavy (non-hydrogen) atoms. The quantitative estimate of drug-likeness (QED) is 0.478. The summed E-state index contributed by atoms with van der Waals surface area (Å²) in [7, 11) is -2.54. The summed E-state index contributed by atoms with van der Waals surface area (Å²) in [5.74, 6) is -1.13. The zero-order chi connectivity index (χ0) is 24.6. The number of piperazine rings is 1. The lowest BCUT2D eigenvalue weighted by molar-refractivity contribution is -0.136. The third-order valence-electron chi connectivity index (χ3n) is 5.21. The normalized spacial score (nSPS) is 14.2. The van der Waals surface area contributed by atoms with E-state index in [1.165, 1.54) is 39.4 Å². The fourth-order valence-electron chi connectivity index (χ4n) is 3.36. The van der Waals surface area contributed by atoms with Crippen LogP contribution < -0.4 is 4.74 Å². The predicted molar refractivity (Wildman–Crippen MR) is 119 cm³/mol. The van der Waals surface area contributed by atoms with Gasteiger partial charge in [-0.25, -0.2) is 18.0 Å². The van der Waals surface area contributed by atoms with Crippen molar-refractivity contribution in [2.75, 3.05) is 59.6 Å². The first-order valence-electron chi connectivity index (χ1n) is 10.7. The van der Waals surface area contributed by atoms with Gasteiger partial charge in [-0.05, 0) is 25.1 Å². The van der Waals surface area contributed by atoms with Crippen molar-refractivity contribution in [3.63, 3.8) is 0 Å². The zero-order valence-electron chi connectivity index (χ0n) is 19.4. The van der Waals surface area contributed by atoms with Crippen LogP contribution in [0.4, 0.5) is 4.79 Å². The molecule has 2 amide bonds. The van der Waals surface area contributed by atoms with Gasteiger partial charge < -0.3 is 24.0 Å². The second kappa shape index (κ2) is 11.8. The molecule has 0 unspecified atom stereocenters. The highest BCUT2D eigenvalue weighted by Crippen LogP contribution is 2.28. The monoisotopic (exact) mass is 485 g/mol. The van der Waals surface area contributed by atoms with Crippen LogP contribution in [0.25, 0.3) is 0 Å². The van der Waals surface area contributed by atoms with Gasteiger partial charge in [0, 0.05) is 39.3 Å². The Hall–Kier alpha value is -2.86. The van der Waals surface area contributed by atoms with Gasteiger partial charge in [-0.1, -0.05) is 13.8 Å². The van der Waals surface area contributed by atoms with Crippen molar-refractivity contribution < 1.29 is 37.0 Å². The van der Waals surface area contributed by atoms with Crippen LogP contribution in [0.5, 0.6) is 5.75 Å². The molecule has 0 aromatic heterocycles. The van der Waals surface area contributed by atoms with E-state index in [0.29, 0.717) is 26.2 Å². The molecule has 2 rings (SSSR count). The Labute approximate surface area is 194 Å². The number of esters is 1. The number of nitrogens with zero attached hydrogens (tertiary/aromatic N) is 3. The van der Waals surface area contributed by atoms with Crippen LogP contribution >= 0.6 is 0 Å². The summed E-state index contributed by atoms with van der Waals surface area (Å²) in [5, 5.41) is 0. The van der Waals surface area contributed by atoms with Crippen LogP contribution in [-0.4, -0.2) is 100 Å². The van der Waals surface area contributed by atoms with E-state index < -0.39 is 34.6 Å². The number of carbonyl (C=O) groups excluding carboxylic acids is 3. The Bertz CT molecular complexity index is 954. The molecule has 1 saturated heterocycles. The van der Waals surface area contributed by atoms with Crippen molar-refractivity contribution in [1.82, 2.24) is 14.1 Å². The number of amides is 2. The van der Waals surface area contributed by atoms with E-state index in [4.69, 9.17) is 14.2 Å². The third kappa shape index (κ3) is 6.35. The lowest BCUT2D eigenvalue weighted by atomic mass is 10.2. The van der Waals surface area contributed by atoms with Crippen molar-refractivity contribution in [3.8, 4) is 5.75 Å². The Morgan fingerprint density at radius 3 is 2.12 bits per heavy atom. The molecule has 0 N–H and O–H groups in total. The van der Waals surface area contributed by atoms with E-state index in [1.807, 2.05) is 0 Å². The number of sulfonamides is 1. The SMILES string of the molecule is CCOC(=O)N1CCN(C(=O)COC(=O)c2ccc(OC)c(S(=O)(=O)N(CC)CC)c2)CC1. The summed E-state index contributed by atoms with van der Waals surface area (Å²) < 4.78 is 42.4. The minimum Gasteiger partial charge on any atom is -0.495 e. The molecule has 12 heteroatoms. The molecule has 1 aromatic rings. The summed E-state index contributed by atoms with van der Waals surface area (Å²) >= 11 is 0. The standard InChI is InChI=1S/C21H31N3O8S/c1-5-24(6-2)33(28,29)18-14-16(8-9-17(18)30-4)20(26)32-15-19(25)22-10-12-23(13-11-22)21(27)31-7-3/h8-9,14H,5-7,10-13,15H2,1-4H3. The summed E-state index contributed by atoms with van der Waals surface area (Å²) in [4.78, 5) is 39.5. The molecule has 184 valence electrons. The highest BCUT2D eigenvalue weighted by molar-refractivity contribution is 7.89. The molecular formula is C21H31N3O8S. The van der Waals surface area contributed by atoms with Crippen LogP contribution in [-0.2, 0) is 24.3 Å². The number of hydrogen-bond acceptors (Lipinski definition) is 8. The molecule has 1 aliphatic heterocycles. The first-order valence-corrected chi connectivity index (χ1v) is 12.2. The molecule has 1 aliphatic rings. The van der Waals surface area contributed by atoms with E-state index in [1.54, 1.807) is 20.8 Å². The van der Waals surface area contributed by atoms with Crippen molar-refractivity contribution in [3.05, 3.63) is 23.8 Å². The van der Waals surface area contributed by atoms with E-state index in [-0.39, 0.29) is 35.9 Å². The average molecular weight is 486 g/mol. The topological polar surface area (TPSA) is 123 Å². The van der Waals surface area contributed by atoms with E-state index >= 15 is 0 Å². The number of benzene rings is 1. The zero-order valence-corrected chi connectivity index (χ0v) is 20.2. The minimum absolute atomic E-state index is 0.0125. The molecule has 11 nitrogen and oxygen atoms in total. The third-order valence-corrected chi connectivity index (χ3v) is 7.28. The lowest BCUT2D eigenvalue weighted by Gasteiger charge is -2.33. The predicted octanol–water partition coefficient (Wildman–Crippen LogP) is 1.18. The van der Waals surface area contributed by atoms with Gasteiger partial charge in [0.25, 0.3) is 5.91 Å². The van der Waals surface area contributed by atoms with Gasteiger partial charge in [-0.2, -0.15) is 4.31 Å². The molecular weight excluding hydrogens is 454 g/mol. The summed E-state index contributed by atoms with van der Waals surface area (Å²) in [5.41, 5.74) is -0.0125. The van der Waals surface area contributed by atoms with E-state index in [9.17, 15) is 22.8 Å². The first kappa shape index (κ1) is 26.4. The Kier molecular flexibility index (Phi) is 9.47. The number of methoxy groups -OCH3 is 1. The maximum atomic E-state index is 12.9. The summed E-state index contributed by atoms with van der Waals surface area (Å²) in [6.45, 7) is 6.67. The molecule has 0 saturated carbocycles. The van der Waals surface area contributed by atoms with E-state index in [0.717, 1.165) is 0 Å². The average Bonchev–Trinajstić information content (AvgIpc) is 2.82. The molecule has 1 fully saturated rings. The van der Waals surface area contributed by atoms with Crippen molar-refractivity contribution in [1.29, 1.82) is 0 Å². The second-order valence-corrected chi connectivity index (χ2v) is 9.00. The van der Waals surface area contributed by atoms with Crippen LogP contribution in [0, 0.1) is 0 Å². The lowest BCUT2D eigenvalue weighted by Crippen LogP contribution is -2.51. The number of hydrogen-bond donors (Lipinski definition) is 0. The number of rotatable bonds is 9. The van der Waals surface area contributed by atoms with Crippen LogP contribution in [0.1, 0.15) is 31.1 Å². The van der Waals surface area contributed by atoms with Gasteiger partial charge in [-0.3, -0.25) is 4.79 Å². The molecule has 0 aliphatic carbocycles. The van der Waals surface area contributed by atoms with Crippen LogP contribution in [0.15, 0.2) is 23.1 Å². The maximum absolute atomic E-state index is 12.9. The molecule has 0 spiro atoms. The highest BCUT2D eigenvalue weighted by Gasteiger charge is 2.28. The summed E-state index contributed by atoms with van der Waals surface area (Å²) in [6, 6.07) is 3.95. The fraction of sp³-hybridized carbons (Fsp3) is 0.571. The number of ether oxygens (including phenoxy) is 3. The molecule has 0 bridgehead atoms. The molecule has 1 heterocycles. The van der Waals surface area contributed by atoms with Crippen molar-refractivity contribution in [2.24, 2.45) is 0 Å². The van der Waals surface area contributed by atoms with Crippen LogP contribution in [0.2, 0.25) is 0 Å². The van der Waals surface area contributed by atoms with Crippen molar-refractivity contribution in [2.45, 2.75) is 25.7 Å². The Morgan fingerprint density at radius 1 is 0.970 bits per heavy atom. The van der Waals surface area contributed by atoms with E-state index in [2.05, 4.69) is 0 Å². The molecule has 0 radical (unpaired) electrons. The minimum atomic E-state index is -3.88. The maximum Gasteiger partial charge on any atom is 0.409 e. The Balaban J connectivity index is 2.03. The van der Waals surface area contributed by atoms with Crippen molar-refractivity contribution >= 4 is 28.0 Å². The van der Waals surface area contributed by atoms with Gasteiger partial charge in [0.05, 0.1) is 19.3 Å². The van der Waals surface area contributed by atoms with Gasteiger partial charge in [0.15, 0.2) is 6.61 Å². The smallest absolute Gasteiger partial charge is 0.409 e. The van der Waals surface area contributed by atoms with Gasteiger partial charge in [-0.15, -0.1) is 0 Å². The fourth-order valence-corrected chi connectivity index (χ4v) is 5.00. The summed E-state index contributed by atoms with van der Waals surface area (Å²) in [6.07, 6.45) is -0.425. The van der Waals surface area contributed by atoms with Gasteiger partial charge >= 0.3 is 12.1 Å². The van der Waals surface area contributed by atoms with Gasteiger partial charge in [0.2, 0.25) is 10.0 Å². The second-order valence-electron chi connectivity index (χ2n) is 7.10. The van der Waals surface area contributed by atoms with Gasteiger partial charge in [0.1, 0.15) is 10.6 Å². The molecule has 0 atom stereocenters. The highest BCUT2D eigenvalue weighted by atomic mass is 32.2. The van der Waals surface area contributed by atoms with Crippen LogP contribution in [0.3, 0.4) is 0 Å². The number of carbonyl (C=O) groups is 3. The first-order chi connectivity index (χ1) is 15.7. The Morgan fingerprint density at radius 2 is 1.58 bits per heavy atom.